The van der Waals surface area contributed by atoms with E-state index in [2.05, 4.69) is 4.98 Å². The van der Waals surface area contributed by atoms with Crippen molar-refractivity contribution in [2.24, 2.45) is 0 Å². The summed E-state index contributed by atoms with van der Waals surface area (Å²) in [5, 5.41) is 13.9. The number of aromatic carboxylic acids is 1. The normalized spacial score (nSPS) is 10.9. The minimum atomic E-state index is -1.04. The van der Waals surface area contributed by atoms with Crippen molar-refractivity contribution in [1.29, 1.82) is 0 Å². The van der Waals surface area contributed by atoms with Crippen molar-refractivity contribution in [3.8, 4) is 17.0 Å². The van der Waals surface area contributed by atoms with Crippen LogP contribution in [0.5, 0.6) is 5.75 Å². The Hall–Kier alpha value is -3.67. The van der Waals surface area contributed by atoms with Crippen LogP contribution in [0.1, 0.15) is 21.7 Å². The number of methoxy groups -OCH3 is 1. The summed E-state index contributed by atoms with van der Waals surface area (Å²) >= 11 is 0. The number of fused-ring (bicyclic) bond motifs is 1. The van der Waals surface area contributed by atoms with E-state index >= 15 is 0 Å². The number of nitrogens with zero attached hydrogens (tertiary/aromatic N) is 3. The van der Waals surface area contributed by atoms with Crippen LogP contribution < -0.4 is 4.74 Å². The van der Waals surface area contributed by atoms with Crippen LogP contribution in [0.2, 0.25) is 0 Å². The zero-order valence-corrected chi connectivity index (χ0v) is 14.7. The number of hydrogen-bond acceptors (Lipinski definition) is 4. The van der Waals surface area contributed by atoms with Gasteiger partial charge in [0.1, 0.15) is 11.4 Å². The SMILES string of the molecule is COc1ccn2nc(-c3ccccc3)c(Cc3cccc(C(=O)O)n3)c2c1. The maximum absolute atomic E-state index is 11.2. The van der Waals surface area contributed by atoms with E-state index in [0.29, 0.717) is 12.1 Å². The second-order valence-corrected chi connectivity index (χ2v) is 6.09. The molecule has 0 bridgehead atoms. The van der Waals surface area contributed by atoms with Crippen molar-refractivity contribution in [3.63, 3.8) is 0 Å². The average molecular weight is 359 g/mol. The number of pyridine rings is 2. The number of aromatic nitrogens is 3. The summed E-state index contributed by atoms with van der Waals surface area (Å²) < 4.78 is 7.17. The van der Waals surface area contributed by atoms with E-state index in [1.807, 2.05) is 54.7 Å². The van der Waals surface area contributed by atoms with Gasteiger partial charge in [0, 0.05) is 35.5 Å². The van der Waals surface area contributed by atoms with Crippen molar-refractivity contribution >= 4 is 11.5 Å². The highest BCUT2D eigenvalue weighted by Gasteiger charge is 2.17. The molecular formula is C21H17N3O3. The molecule has 0 radical (unpaired) electrons. The molecule has 0 amide bonds. The van der Waals surface area contributed by atoms with Gasteiger partial charge < -0.3 is 9.84 Å². The molecule has 27 heavy (non-hydrogen) atoms. The number of ether oxygens (including phenoxy) is 1. The zero-order valence-electron chi connectivity index (χ0n) is 14.7. The second kappa shape index (κ2) is 6.92. The predicted molar refractivity (Wildman–Crippen MR) is 101 cm³/mol. The van der Waals surface area contributed by atoms with Crippen LogP contribution in [0.3, 0.4) is 0 Å². The van der Waals surface area contributed by atoms with Crippen LogP contribution in [0, 0.1) is 0 Å². The van der Waals surface area contributed by atoms with Crippen LogP contribution in [0.15, 0.2) is 66.9 Å². The highest BCUT2D eigenvalue weighted by atomic mass is 16.5. The zero-order chi connectivity index (χ0) is 18.8. The van der Waals surface area contributed by atoms with E-state index in [0.717, 1.165) is 28.1 Å². The summed E-state index contributed by atoms with van der Waals surface area (Å²) in [7, 11) is 1.62. The molecule has 0 spiro atoms. The third kappa shape index (κ3) is 3.25. The van der Waals surface area contributed by atoms with Crippen molar-refractivity contribution < 1.29 is 14.6 Å². The van der Waals surface area contributed by atoms with E-state index in [9.17, 15) is 9.90 Å². The molecule has 0 aliphatic rings. The standard InChI is InChI=1S/C21H17N3O3/c1-27-16-10-11-24-19(13-16)17(20(23-24)14-6-3-2-4-7-14)12-15-8-5-9-18(22-15)21(25)26/h2-11,13H,12H2,1H3,(H,25,26). The molecule has 3 aromatic heterocycles. The van der Waals surface area contributed by atoms with Gasteiger partial charge in [-0.3, -0.25) is 0 Å². The molecular weight excluding hydrogens is 342 g/mol. The molecule has 6 heteroatoms. The van der Waals surface area contributed by atoms with Crippen molar-refractivity contribution in [2.75, 3.05) is 7.11 Å². The Morgan fingerprint density at radius 1 is 1.11 bits per heavy atom. The summed E-state index contributed by atoms with van der Waals surface area (Å²) in [6.45, 7) is 0. The maximum atomic E-state index is 11.2. The molecule has 0 saturated heterocycles. The van der Waals surface area contributed by atoms with E-state index in [-0.39, 0.29) is 5.69 Å². The summed E-state index contributed by atoms with van der Waals surface area (Å²) in [6, 6.07) is 18.7. The fourth-order valence-electron chi connectivity index (χ4n) is 3.08. The van der Waals surface area contributed by atoms with Crippen LogP contribution in [-0.4, -0.2) is 32.8 Å². The molecule has 4 aromatic rings. The lowest BCUT2D eigenvalue weighted by atomic mass is 10.0. The molecule has 134 valence electrons. The Kier molecular flexibility index (Phi) is 4.30. The van der Waals surface area contributed by atoms with Gasteiger partial charge in [0.25, 0.3) is 0 Å². The van der Waals surface area contributed by atoms with Gasteiger partial charge in [-0.15, -0.1) is 0 Å². The van der Waals surface area contributed by atoms with Gasteiger partial charge in [-0.25, -0.2) is 14.3 Å². The molecule has 6 nitrogen and oxygen atoms in total. The summed E-state index contributed by atoms with van der Waals surface area (Å²) in [4.78, 5) is 15.5. The van der Waals surface area contributed by atoms with Gasteiger partial charge in [-0.1, -0.05) is 36.4 Å². The number of hydrogen-bond donors (Lipinski definition) is 1. The first-order chi connectivity index (χ1) is 13.2. The molecule has 0 saturated carbocycles. The summed E-state index contributed by atoms with van der Waals surface area (Å²) in [5.74, 6) is -0.308. The Labute approximate surface area is 155 Å². The first-order valence-electron chi connectivity index (χ1n) is 8.45. The highest BCUT2D eigenvalue weighted by Crippen LogP contribution is 2.29. The van der Waals surface area contributed by atoms with Crippen molar-refractivity contribution in [3.05, 3.63) is 83.8 Å². The van der Waals surface area contributed by atoms with Gasteiger partial charge in [0.15, 0.2) is 0 Å². The molecule has 0 fully saturated rings. The van der Waals surface area contributed by atoms with E-state index in [4.69, 9.17) is 9.84 Å². The number of carbonyl (C=O) groups is 1. The average Bonchev–Trinajstić information content (AvgIpc) is 3.06. The number of carboxylic acid groups (broad SMARTS) is 1. The van der Waals surface area contributed by atoms with Crippen molar-refractivity contribution in [2.45, 2.75) is 6.42 Å². The topological polar surface area (TPSA) is 76.7 Å². The van der Waals surface area contributed by atoms with Gasteiger partial charge in [-0.2, -0.15) is 5.10 Å². The monoisotopic (exact) mass is 359 g/mol. The number of benzene rings is 1. The molecule has 1 N–H and O–H groups in total. The van der Waals surface area contributed by atoms with E-state index in [1.54, 1.807) is 17.7 Å². The predicted octanol–water partition coefficient (Wildman–Crippen LogP) is 3.69. The first-order valence-corrected chi connectivity index (χ1v) is 8.45. The van der Waals surface area contributed by atoms with Gasteiger partial charge in [-0.05, 0) is 18.2 Å². The lowest BCUT2D eigenvalue weighted by Gasteiger charge is -2.05. The highest BCUT2D eigenvalue weighted by molar-refractivity contribution is 5.85. The van der Waals surface area contributed by atoms with Gasteiger partial charge >= 0.3 is 5.97 Å². The summed E-state index contributed by atoms with van der Waals surface area (Å²) in [5.41, 5.74) is 4.40. The maximum Gasteiger partial charge on any atom is 0.354 e. The van der Waals surface area contributed by atoms with E-state index < -0.39 is 5.97 Å². The Morgan fingerprint density at radius 2 is 1.93 bits per heavy atom. The Morgan fingerprint density at radius 3 is 2.67 bits per heavy atom. The number of carboxylic acids is 1. The largest absolute Gasteiger partial charge is 0.497 e. The molecule has 0 aliphatic heterocycles. The quantitative estimate of drug-likeness (QED) is 0.588. The van der Waals surface area contributed by atoms with Gasteiger partial charge in [0.2, 0.25) is 0 Å². The third-order valence-electron chi connectivity index (χ3n) is 4.38. The van der Waals surface area contributed by atoms with Crippen LogP contribution in [-0.2, 0) is 6.42 Å². The lowest BCUT2D eigenvalue weighted by Crippen LogP contribution is -2.03. The Bertz CT molecular complexity index is 1120. The van der Waals surface area contributed by atoms with Crippen LogP contribution in [0.25, 0.3) is 16.8 Å². The molecule has 0 atom stereocenters. The fraction of sp³-hybridized carbons (Fsp3) is 0.0952. The number of rotatable bonds is 5. The molecule has 1 aromatic carbocycles. The molecule has 4 rings (SSSR count). The lowest BCUT2D eigenvalue weighted by molar-refractivity contribution is 0.0690. The molecule has 3 heterocycles. The van der Waals surface area contributed by atoms with Gasteiger partial charge in [0.05, 0.1) is 18.3 Å². The second-order valence-electron chi connectivity index (χ2n) is 6.09. The van der Waals surface area contributed by atoms with Crippen molar-refractivity contribution in [1.82, 2.24) is 14.6 Å². The smallest absolute Gasteiger partial charge is 0.354 e. The molecule has 0 unspecified atom stereocenters. The van der Waals surface area contributed by atoms with E-state index in [1.165, 1.54) is 6.07 Å². The summed E-state index contributed by atoms with van der Waals surface area (Å²) in [6.07, 6.45) is 2.31. The van der Waals surface area contributed by atoms with Crippen LogP contribution in [0.4, 0.5) is 0 Å². The molecule has 0 aliphatic carbocycles. The Balaban J connectivity index is 1.88. The third-order valence-corrected chi connectivity index (χ3v) is 4.38. The fourth-order valence-corrected chi connectivity index (χ4v) is 3.08. The van der Waals surface area contributed by atoms with Crippen LogP contribution >= 0.6 is 0 Å². The first kappa shape index (κ1) is 16.8. The minimum absolute atomic E-state index is 0.0304. The minimum Gasteiger partial charge on any atom is -0.497 e.